The second-order valence-electron chi connectivity index (χ2n) is 5.34. The molecule has 0 radical (unpaired) electrons. The van der Waals surface area contributed by atoms with Crippen LogP contribution >= 0.6 is 11.8 Å². The summed E-state index contributed by atoms with van der Waals surface area (Å²) >= 11 is 1.85. The van der Waals surface area contributed by atoms with Crippen molar-refractivity contribution in [3.05, 3.63) is 29.1 Å². The highest BCUT2D eigenvalue weighted by Crippen LogP contribution is 2.34. The number of aryl methyl sites for hydroxylation is 1. The summed E-state index contributed by atoms with van der Waals surface area (Å²) in [6.45, 7) is 4.11. The molecule has 0 spiro atoms. The van der Waals surface area contributed by atoms with E-state index < -0.39 is 0 Å². The quantitative estimate of drug-likeness (QED) is 0.483. The molecule has 3 nitrogen and oxygen atoms in total. The number of hydrogen-bond donors (Lipinski definition) is 1. The zero-order valence-corrected chi connectivity index (χ0v) is 13.9. The fraction of sp³-hybridized carbons (Fsp3) is 0.529. The van der Waals surface area contributed by atoms with E-state index in [0.29, 0.717) is 0 Å². The number of rotatable bonds is 6. The predicted molar refractivity (Wildman–Crippen MR) is 93.3 cm³/mol. The van der Waals surface area contributed by atoms with Gasteiger partial charge in [-0.15, -0.1) is 11.8 Å². The van der Waals surface area contributed by atoms with E-state index in [-0.39, 0.29) is 0 Å². The molecular weight excluding hydrogens is 278 g/mol. The van der Waals surface area contributed by atoms with Gasteiger partial charge < -0.3 is 5.73 Å². The first-order valence-corrected chi connectivity index (χ1v) is 8.79. The summed E-state index contributed by atoms with van der Waals surface area (Å²) in [7, 11) is 0. The summed E-state index contributed by atoms with van der Waals surface area (Å²) < 4.78 is 0. The lowest BCUT2D eigenvalue weighted by atomic mass is 9.91. The highest BCUT2D eigenvalue weighted by Gasteiger charge is 2.19. The lowest BCUT2D eigenvalue weighted by molar-refractivity contribution is 0.667. The van der Waals surface area contributed by atoms with Crippen molar-refractivity contribution in [2.75, 3.05) is 11.5 Å². The van der Waals surface area contributed by atoms with Crippen molar-refractivity contribution in [3.8, 4) is 0 Å². The van der Waals surface area contributed by atoms with Crippen molar-refractivity contribution in [3.63, 3.8) is 0 Å². The number of allylic oxidation sites excluding steroid dienone is 1. The van der Waals surface area contributed by atoms with Crippen LogP contribution in [0.25, 0.3) is 0 Å². The average molecular weight is 303 g/mol. The Hall–Kier alpha value is -1.29. The van der Waals surface area contributed by atoms with Gasteiger partial charge in [0, 0.05) is 18.2 Å². The number of thioether (sulfide) groups is 1. The third-order valence-electron chi connectivity index (χ3n) is 3.71. The fourth-order valence-electron chi connectivity index (χ4n) is 2.58. The third-order valence-corrected chi connectivity index (χ3v) is 4.76. The topological polar surface area (TPSA) is 51.3 Å². The van der Waals surface area contributed by atoms with Crippen LogP contribution in [0.2, 0.25) is 0 Å². The molecule has 0 saturated heterocycles. The van der Waals surface area contributed by atoms with Gasteiger partial charge in [-0.25, -0.2) is 4.98 Å². The second-order valence-corrected chi connectivity index (χ2v) is 6.43. The van der Waals surface area contributed by atoms with E-state index >= 15 is 0 Å². The maximum atomic E-state index is 6.20. The van der Waals surface area contributed by atoms with Gasteiger partial charge in [0.25, 0.3) is 0 Å². The first-order chi connectivity index (χ1) is 10.2. The van der Waals surface area contributed by atoms with E-state index in [1.807, 2.05) is 31.1 Å². The number of hydrogen-bond acceptors (Lipinski definition) is 4. The molecule has 0 amide bonds. The molecule has 2 rings (SSSR count). The molecule has 4 heteroatoms. The molecule has 0 aliphatic heterocycles. The number of nitrogens with zero attached hydrogens (tertiary/aromatic N) is 2. The highest BCUT2D eigenvalue weighted by molar-refractivity contribution is 7.99. The molecule has 0 unspecified atom stereocenters. The van der Waals surface area contributed by atoms with Crippen LogP contribution in [0.3, 0.4) is 0 Å². The third kappa shape index (κ3) is 4.34. The zero-order valence-electron chi connectivity index (χ0n) is 13.1. The molecule has 0 atom stereocenters. The molecule has 1 aromatic heterocycles. The number of pyridine rings is 1. The summed E-state index contributed by atoms with van der Waals surface area (Å²) in [5.74, 6) is 1.04. The lowest BCUT2D eigenvalue weighted by Gasteiger charge is -2.21. The van der Waals surface area contributed by atoms with Crippen molar-refractivity contribution in [2.24, 2.45) is 4.99 Å². The Balaban J connectivity index is 1.99. The Kier molecular flexibility index (Phi) is 6.30. The molecule has 1 aromatic rings. The Morgan fingerprint density at radius 3 is 2.81 bits per heavy atom. The van der Waals surface area contributed by atoms with E-state index in [9.17, 15) is 0 Å². The van der Waals surface area contributed by atoms with Crippen LogP contribution in [0, 0.1) is 6.92 Å². The van der Waals surface area contributed by atoms with Crippen molar-refractivity contribution in [2.45, 2.75) is 57.4 Å². The molecule has 114 valence electrons. The maximum Gasteiger partial charge on any atom is 0.0999 e. The van der Waals surface area contributed by atoms with Gasteiger partial charge in [-0.2, -0.15) is 0 Å². The van der Waals surface area contributed by atoms with Crippen LogP contribution in [-0.2, 0) is 12.8 Å². The van der Waals surface area contributed by atoms with Crippen LogP contribution in [0.5, 0.6) is 0 Å². The van der Waals surface area contributed by atoms with Gasteiger partial charge in [-0.1, -0.05) is 13.0 Å². The second kappa shape index (κ2) is 8.23. The number of fused-ring (bicyclic) bond motifs is 1. The lowest BCUT2D eigenvalue weighted by Crippen LogP contribution is -2.11. The zero-order chi connectivity index (χ0) is 15.1. The fourth-order valence-corrected chi connectivity index (χ4v) is 3.63. The normalized spacial score (nSPS) is 15.0. The van der Waals surface area contributed by atoms with E-state index in [2.05, 4.69) is 18.0 Å². The van der Waals surface area contributed by atoms with Gasteiger partial charge in [0.2, 0.25) is 0 Å². The van der Waals surface area contributed by atoms with Gasteiger partial charge in [-0.05, 0) is 56.6 Å². The van der Waals surface area contributed by atoms with Gasteiger partial charge >= 0.3 is 0 Å². The van der Waals surface area contributed by atoms with Gasteiger partial charge in [0.15, 0.2) is 0 Å². The minimum absolute atomic E-state index is 0.919. The molecule has 0 aromatic carbocycles. The van der Waals surface area contributed by atoms with Gasteiger partial charge in [0.05, 0.1) is 16.4 Å². The molecule has 1 aliphatic rings. The Labute approximate surface area is 132 Å². The van der Waals surface area contributed by atoms with Crippen LogP contribution < -0.4 is 5.73 Å². The van der Waals surface area contributed by atoms with Crippen molar-refractivity contribution < 1.29 is 0 Å². The van der Waals surface area contributed by atoms with E-state index in [1.165, 1.54) is 29.0 Å². The predicted octanol–water partition coefficient (Wildman–Crippen LogP) is 4.33. The maximum absolute atomic E-state index is 6.20. The van der Waals surface area contributed by atoms with Crippen LogP contribution in [-0.4, -0.2) is 17.0 Å². The smallest absolute Gasteiger partial charge is 0.0999 e. The summed E-state index contributed by atoms with van der Waals surface area (Å²) in [6.07, 6.45) is 12.7. The van der Waals surface area contributed by atoms with Crippen LogP contribution in [0.1, 0.15) is 49.4 Å². The Bertz CT molecular complexity index is 535. The van der Waals surface area contributed by atoms with E-state index in [4.69, 9.17) is 10.7 Å². The number of nitrogens with two attached hydrogens (primary N) is 1. The van der Waals surface area contributed by atoms with Crippen LogP contribution in [0.4, 0.5) is 5.69 Å². The summed E-state index contributed by atoms with van der Waals surface area (Å²) in [4.78, 5) is 8.90. The number of nitrogen functional groups attached to an aromatic ring is 1. The first-order valence-electron chi connectivity index (χ1n) is 7.81. The monoisotopic (exact) mass is 303 g/mol. The molecule has 0 fully saturated rings. The van der Waals surface area contributed by atoms with Crippen molar-refractivity contribution >= 4 is 23.7 Å². The molecule has 0 saturated carbocycles. The van der Waals surface area contributed by atoms with E-state index in [1.54, 1.807) is 0 Å². The van der Waals surface area contributed by atoms with Gasteiger partial charge in [0.1, 0.15) is 0 Å². The first kappa shape index (κ1) is 16.1. The average Bonchev–Trinajstić information content (AvgIpc) is 2.51. The Morgan fingerprint density at radius 2 is 2.05 bits per heavy atom. The number of anilines is 1. The minimum atomic E-state index is 0.919. The number of aliphatic imine (C=N–C) groups is 1. The summed E-state index contributed by atoms with van der Waals surface area (Å²) in [5, 5.41) is 1.20. The van der Waals surface area contributed by atoms with Gasteiger partial charge in [-0.3, -0.25) is 4.99 Å². The minimum Gasteiger partial charge on any atom is -0.397 e. The molecule has 1 aliphatic carbocycles. The molecule has 2 N–H and O–H groups in total. The van der Waals surface area contributed by atoms with E-state index in [0.717, 1.165) is 42.8 Å². The summed E-state index contributed by atoms with van der Waals surface area (Å²) in [6, 6.07) is 0. The molecular formula is C17H25N3S. The van der Waals surface area contributed by atoms with Crippen molar-refractivity contribution in [1.29, 1.82) is 0 Å². The summed E-state index contributed by atoms with van der Waals surface area (Å²) in [5.41, 5.74) is 10.9. The van der Waals surface area contributed by atoms with Crippen molar-refractivity contribution in [1.82, 2.24) is 4.98 Å². The Morgan fingerprint density at radius 1 is 1.29 bits per heavy atom. The highest BCUT2D eigenvalue weighted by atomic mass is 32.2. The SMILES string of the molecule is CCC=N/C=C\CCSc1nc(C)c(N)c2c1CCCC2. The standard InChI is InChI=1S/C17H25N3S/c1-3-10-19-11-6-7-12-21-17-15-9-5-4-8-14(15)16(18)13(2)20-17/h6,10-11H,3-5,7-9,12,18H2,1-2H3/b11-6-,19-10?. The largest absolute Gasteiger partial charge is 0.397 e. The van der Waals surface area contributed by atoms with Crippen LogP contribution in [0.15, 0.2) is 22.3 Å². The molecule has 1 heterocycles. The molecule has 0 bridgehead atoms. The number of aromatic nitrogens is 1. The molecule has 21 heavy (non-hydrogen) atoms.